The fourth-order valence-electron chi connectivity index (χ4n) is 1.67. The molecule has 3 nitrogen and oxygen atoms in total. The second-order valence-electron chi connectivity index (χ2n) is 4.21. The molecule has 2 heterocycles. The van der Waals surface area contributed by atoms with Crippen LogP contribution in [0, 0.1) is 0 Å². The summed E-state index contributed by atoms with van der Waals surface area (Å²) >= 11 is 13.2. The number of hydrogen-bond donors (Lipinski definition) is 1. The van der Waals surface area contributed by atoms with E-state index in [9.17, 15) is 4.79 Å². The first-order chi connectivity index (χ1) is 9.06. The van der Waals surface area contributed by atoms with Crippen molar-refractivity contribution in [1.29, 1.82) is 0 Å². The maximum absolute atomic E-state index is 12.0. The molecule has 6 heteroatoms. The molecule has 0 radical (unpaired) electrons. The molecule has 1 N–H and O–H groups in total. The SMILES string of the molecule is CC(Cc1ccsc1)NC(=O)c1cnc(Cl)c(Cl)c1. The fraction of sp³-hybridized carbons (Fsp3) is 0.231. The van der Waals surface area contributed by atoms with Gasteiger partial charge in [0, 0.05) is 12.2 Å². The molecule has 0 spiro atoms. The molecule has 0 fully saturated rings. The molecule has 100 valence electrons. The van der Waals surface area contributed by atoms with Gasteiger partial charge in [-0.05, 0) is 41.8 Å². The Morgan fingerprint density at radius 2 is 2.32 bits per heavy atom. The number of amides is 1. The average molecular weight is 315 g/mol. The third-order valence-electron chi connectivity index (χ3n) is 2.56. The zero-order valence-electron chi connectivity index (χ0n) is 10.2. The molecule has 0 aromatic carbocycles. The van der Waals surface area contributed by atoms with Gasteiger partial charge in [0.05, 0.1) is 10.6 Å². The van der Waals surface area contributed by atoms with Crippen LogP contribution in [-0.4, -0.2) is 16.9 Å². The minimum Gasteiger partial charge on any atom is -0.349 e. The molecule has 1 unspecified atom stereocenters. The highest BCUT2D eigenvalue weighted by Crippen LogP contribution is 2.19. The number of halogens is 2. The lowest BCUT2D eigenvalue weighted by Gasteiger charge is -2.13. The van der Waals surface area contributed by atoms with Crippen LogP contribution in [0.25, 0.3) is 0 Å². The molecular weight excluding hydrogens is 303 g/mol. The molecule has 0 aliphatic carbocycles. The number of rotatable bonds is 4. The lowest BCUT2D eigenvalue weighted by atomic mass is 10.1. The van der Waals surface area contributed by atoms with Gasteiger partial charge in [-0.15, -0.1) is 0 Å². The Labute approximate surface area is 125 Å². The summed E-state index contributed by atoms with van der Waals surface area (Å²) in [5, 5.41) is 7.47. The second kappa shape index (κ2) is 6.37. The molecule has 0 saturated carbocycles. The number of nitrogens with zero attached hydrogens (tertiary/aromatic N) is 1. The maximum atomic E-state index is 12.0. The Bertz CT molecular complexity index is 572. The van der Waals surface area contributed by atoms with E-state index in [-0.39, 0.29) is 22.1 Å². The van der Waals surface area contributed by atoms with E-state index in [0.29, 0.717) is 5.56 Å². The second-order valence-corrected chi connectivity index (χ2v) is 5.75. The quantitative estimate of drug-likeness (QED) is 0.872. The van der Waals surface area contributed by atoms with E-state index in [0.717, 1.165) is 6.42 Å². The van der Waals surface area contributed by atoms with E-state index < -0.39 is 0 Å². The zero-order valence-corrected chi connectivity index (χ0v) is 12.5. The Balaban J connectivity index is 1.98. The largest absolute Gasteiger partial charge is 0.349 e. The van der Waals surface area contributed by atoms with E-state index in [4.69, 9.17) is 23.2 Å². The van der Waals surface area contributed by atoms with Gasteiger partial charge >= 0.3 is 0 Å². The molecule has 1 atom stereocenters. The summed E-state index contributed by atoms with van der Waals surface area (Å²) < 4.78 is 0. The van der Waals surface area contributed by atoms with E-state index in [2.05, 4.69) is 15.7 Å². The van der Waals surface area contributed by atoms with Gasteiger partial charge in [-0.1, -0.05) is 23.2 Å². The van der Waals surface area contributed by atoms with Gasteiger partial charge < -0.3 is 5.32 Å². The van der Waals surface area contributed by atoms with Crippen molar-refractivity contribution in [2.75, 3.05) is 0 Å². The number of aromatic nitrogens is 1. The molecule has 2 aromatic rings. The number of thiophene rings is 1. The van der Waals surface area contributed by atoms with Crippen LogP contribution in [0.15, 0.2) is 29.1 Å². The molecule has 2 aromatic heterocycles. The van der Waals surface area contributed by atoms with E-state index in [1.165, 1.54) is 17.8 Å². The van der Waals surface area contributed by atoms with Crippen molar-refractivity contribution in [2.24, 2.45) is 0 Å². The van der Waals surface area contributed by atoms with Crippen LogP contribution in [0.5, 0.6) is 0 Å². The predicted octanol–water partition coefficient (Wildman–Crippen LogP) is 3.81. The number of carbonyl (C=O) groups excluding carboxylic acids is 1. The first kappa shape index (κ1) is 14.3. The molecule has 0 aliphatic rings. The van der Waals surface area contributed by atoms with Crippen molar-refractivity contribution >= 4 is 40.4 Å². The molecule has 0 bridgehead atoms. The number of nitrogens with one attached hydrogen (secondary N) is 1. The van der Waals surface area contributed by atoms with E-state index in [1.807, 2.05) is 18.4 Å². The van der Waals surface area contributed by atoms with Gasteiger partial charge in [-0.25, -0.2) is 4.98 Å². The van der Waals surface area contributed by atoms with Crippen LogP contribution in [0.4, 0.5) is 0 Å². The van der Waals surface area contributed by atoms with Crippen LogP contribution in [-0.2, 0) is 6.42 Å². The Hall–Kier alpha value is -1.10. The first-order valence-corrected chi connectivity index (χ1v) is 7.39. The maximum Gasteiger partial charge on any atom is 0.253 e. The number of hydrogen-bond acceptors (Lipinski definition) is 3. The van der Waals surface area contributed by atoms with Gasteiger partial charge in [0.15, 0.2) is 0 Å². The minimum atomic E-state index is -0.200. The van der Waals surface area contributed by atoms with Gasteiger partial charge in [0.25, 0.3) is 5.91 Å². The lowest BCUT2D eigenvalue weighted by Crippen LogP contribution is -2.34. The summed E-state index contributed by atoms with van der Waals surface area (Å²) in [5.41, 5.74) is 1.62. The van der Waals surface area contributed by atoms with Crippen LogP contribution in [0.2, 0.25) is 10.2 Å². The van der Waals surface area contributed by atoms with Gasteiger partial charge in [-0.2, -0.15) is 11.3 Å². The van der Waals surface area contributed by atoms with Crippen LogP contribution in [0.3, 0.4) is 0 Å². The minimum absolute atomic E-state index is 0.0385. The normalized spacial score (nSPS) is 12.2. The standard InChI is InChI=1S/C13H12Cl2N2OS/c1-8(4-9-2-3-19-7-9)17-13(18)10-5-11(14)12(15)16-6-10/h2-3,5-8H,4H2,1H3,(H,17,18). The van der Waals surface area contributed by atoms with Crippen molar-refractivity contribution in [2.45, 2.75) is 19.4 Å². The van der Waals surface area contributed by atoms with Gasteiger partial charge in [-0.3, -0.25) is 4.79 Å². The van der Waals surface area contributed by atoms with E-state index in [1.54, 1.807) is 11.3 Å². The topological polar surface area (TPSA) is 42.0 Å². The fourth-order valence-corrected chi connectivity index (χ4v) is 2.62. The highest BCUT2D eigenvalue weighted by atomic mass is 35.5. The first-order valence-electron chi connectivity index (χ1n) is 5.69. The summed E-state index contributed by atoms with van der Waals surface area (Å²) in [6.45, 7) is 1.96. The number of carbonyl (C=O) groups is 1. The summed E-state index contributed by atoms with van der Waals surface area (Å²) in [7, 11) is 0. The van der Waals surface area contributed by atoms with Gasteiger partial charge in [0.2, 0.25) is 0 Å². The van der Waals surface area contributed by atoms with Crippen molar-refractivity contribution in [3.8, 4) is 0 Å². The molecule has 0 aliphatic heterocycles. The lowest BCUT2D eigenvalue weighted by molar-refractivity contribution is 0.0940. The highest BCUT2D eigenvalue weighted by molar-refractivity contribution is 7.07. The Kier molecular flexibility index (Phi) is 4.80. The molecule has 0 saturated heterocycles. The van der Waals surface area contributed by atoms with Crippen molar-refractivity contribution < 1.29 is 4.79 Å². The highest BCUT2D eigenvalue weighted by Gasteiger charge is 2.12. The summed E-state index contributed by atoms with van der Waals surface area (Å²) in [5.74, 6) is -0.200. The Morgan fingerprint density at radius 3 is 2.95 bits per heavy atom. The third kappa shape index (κ3) is 3.93. The molecule has 2 rings (SSSR count). The van der Waals surface area contributed by atoms with Crippen molar-refractivity contribution in [3.63, 3.8) is 0 Å². The van der Waals surface area contributed by atoms with E-state index >= 15 is 0 Å². The predicted molar refractivity (Wildman–Crippen MR) is 79.2 cm³/mol. The van der Waals surface area contributed by atoms with Crippen LogP contribution in [0.1, 0.15) is 22.8 Å². The smallest absolute Gasteiger partial charge is 0.253 e. The summed E-state index contributed by atoms with van der Waals surface area (Å²) in [6, 6.07) is 3.61. The summed E-state index contributed by atoms with van der Waals surface area (Å²) in [6.07, 6.45) is 2.21. The van der Waals surface area contributed by atoms with Crippen LogP contribution >= 0.6 is 34.5 Å². The number of pyridine rings is 1. The molecule has 19 heavy (non-hydrogen) atoms. The van der Waals surface area contributed by atoms with Crippen LogP contribution < -0.4 is 5.32 Å². The monoisotopic (exact) mass is 314 g/mol. The zero-order chi connectivity index (χ0) is 13.8. The summed E-state index contributed by atoms with van der Waals surface area (Å²) in [4.78, 5) is 15.9. The molecule has 1 amide bonds. The molecular formula is C13H12Cl2N2OS. The average Bonchev–Trinajstić information content (AvgIpc) is 2.85. The van der Waals surface area contributed by atoms with Crippen molar-refractivity contribution in [3.05, 3.63) is 50.4 Å². The third-order valence-corrected chi connectivity index (χ3v) is 3.98. The Morgan fingerprint density at radius 1 is 1.53 bits per heavy atom. The van der Waals surface area contributed by atoms with Gasteiger partial charge in [0.1, 0.15) is 5.15 Å². The van der Waals surface area contributed by atoms with Crippen molar-refractivity contribution in [1.82, 2.24) is 10.3 Å².